The molecule has 0 aliphatic rings. The van der Waals surface area contributed by atoms with Crippen LogP contribution < -0.4 is 4.74 Å². The van der Waals surface area contributed by atoms with E-state index in [9.17, 15) is 9.18 Å². The molecule has 0 bridgehead atoms. The predicted molar refractivity (Wildman–Crippen MR) is 42.4 cm³/mol. The molecule has 1 N–H and O–H groups in total. The number of carbonyl (C=O) groups is 1. The zero-order valence-electron chi connectivity index (χ0n) is 6.28. The molecule has 0 radical (unpaired) electrons. The number of ether oxygens (including phenoxy) is 1. The van der Waals surface area contributed by atoms with E-state index in [0.717, 1.165) is 0 Å². The third kappa shape index (κ3) is 2.87. The molecule has 0 aliphatic heterocycles. The SMILES string of the molecule is O=C(O)C(F)Oc1cncc(Cl)c1. The zero-order chi connectivity index (χ0) is 9.84. The quantitative estimate of drug-likeness (QED) is 0.812. The van der Waals surface area contributed by atoms with E-state index in [4.69, 9.17) is 16.7 Å². The molecule has 0 aliphatic carbocycles. The molecular weight excluding hydrogens is 201 g/mol. The lowest BCUT2D eigenvalue weighted by atomic mass is 10.4. The maximum Gasteiger partial charge on any atom is 0.378 e. The standard InChI is InChI=1S/C7H5ClFNO3/c8-4-1-5(3-10-2-4)13-6(9)7(11)12/h1-3,6H,(H,11,12). The third-order valence-electron chi connectivity index (χ3n) is 1.11. The maximum absolute atomic E-state index is 12.5. The lowest BCUT2D eigenvalue weighted by molar-refractivity contribution is -0.153. The predicted octanol–water partition coefficient (Wildman–Crippen LogP) is 1.49. The highest BCUT2D eigenvalue weighted by atomic mass is 35.5. The Kier molecular flexibility index (Phi) is 3.02. The van der Waals surface area contributed by atoms with Crippen LogP contribution in [0, 0.1) is 0 Å². The van der Waals surface area contributed by atoms with Crippen molar-refractivity contribution in [2.75, 3.05) is 0 Å². The third-order valence-corrected chi connectivity index (χ3v) is 1.32. The number of alkyl halides is 1. The molecule has 1 aromatic rings. The molecule has 13 heavy (non-hydrogen) atoms. The summed E-state index contributed by atoms with van der Waals surface area (Å²) in [5.74, 6) is -1.72. The number of rotatable bonds is 3. The minimum atomic E-state index is -2.40. The molecule has 1 aromatic heterocycles. The van der Waals surface area contributed by atoms with Gasteiger partial charge in [-0.3, -0.25) is 4.98 Å². The van der Waals surface area contributed by atoms with E-state index in [1.165, 1.54) is 18.5 Å². The van der Waals surface area contributed by atoms with Crippen LogP contribution in [0.15, 0.2) is 18.5 Å². The zero-order valence-corrected chi connectivity index (χ0v) is 7.03. The average molecular weight is 206 g/mol. The second-order valence-electron chi connectivity index (χ2n) is 2.11. The Balaban J connectivity index is 2.69. The first-order valence-electron chi connectivity index (χ1n) is 3.23. The van der Waals surface area contributed by atoms with Gasteiger partial charge in [0.25, 0.3) is 0 Å². The lowest BCUT2D eigenvalue weighted by Crippen LogP contribution is -2.21. The number of hydrogen-bond acceptors (Lipinski definition) is 3. The molecule has 0 spiro atoms. The van der Waals surface area contributed by atoms with Crippen molar-refractivity contribution in [3.63, 3.8) is 0 Å². The van der Waals surface area contributed by atoms with Crippen molar-refractivity contribution in [1.29, 1.82) is 0 Å². The van der Waals surface area contributed by atoms with E-state index in [2.05, 4.69) is 9.72 Å². The fourth-order valence-corrected chi connectivity index (χ4v) is 0.791. The summed E-state index contributed by atoms with van der Waals surface area (Å²) in [5, 5.41) is 8.40. The van der Waals surface area contributed by atoms with Gasteiger partial charge in [0, 0.05) is 12.3 Å². The summed E-state index contributed by atoms with van der Waals surface area (Å²) in [7, 11) is 0. The molecule has 6 heteroatoms. The number of pyridine rings is 1. The smallest absolute Gasteiger partial charge is 0.378 e. The Morgan fingerprint density at radius 3 is 2.92 bits per heavy atom. The average Bonchev–Trinajstić information content (AvgIpc) is 2.04. The molecule has 1 unspecified atom stereocenters. The number of hydrogen-bond donors (Lipinski definition) is 1. The van der Waals surface area contributed by atoms with Crippen LogP contribution in [-0.2, 0) is 4.79 Å². The molecule has 0 fully saturated rings. The summed E-state index contributed by atoms with van der Waals surface area (Å²) in [4.78, 5) is 13.6. The van der Waals surface area contributed by atoms with Crippen molar-refractivity contribution < 1.29 is 19.0 Å². The van der Waals surface area contributed by atoms with E-state index in [-0.39, 0.29) is 10.8 Å². The molecule has 70 valence electrons. The largest absolute Gasteiger partial charge is 0.476 e. The van der Waals surface area contributed by atoms with Crippen LogP contribution in [0.25, 0.3) is 0 Å². The number of aromatic nitrogens is 1. The summed E-state index contributed by atoms with van der Waals surface area (Å²) in [5.41, 5.74) is 0. The van der Waals surface area contributed by atoms with Gasteiger partial charge in [0.1, 0.15) is 5.75 Å². The summed E-state index contributed by atoms with van der Waals surface area (Å²) < 4.78 is 16.8. The van der Waals surface area contributed by atoms with Crippen LogP contribution in [0.5, 0.6) is 5.75 Å². The van der Waals surface area contributed by atoms with Gasteiger partial charge in [-0.15, -0.1) is 0 Å². The Morgan fingerprint density at radius 1 is 1.69 bits per heavy atom. The highest BCUT2D eigenvalue weighted by Crippen LogP contribution is 2.16. The first-order chi connectivity index (χ1) is 6.09. The lowest BCUT2D eigenvalue weighted by Gasteiger charge is -2.06. The molecule has 1 rings (SSSR count). The van der Waals surface area contributed by atoms with Gasteiger partial charge >= 0.3 is 12.3 Å². The first kappa shape index (κ1) is 9.73. The Morgan fingerprint density at radius 2 is 2.38 bits per heavy atom. The van der Waals surface area contributed by atoms with Gasteiger partial charge in [0.05, 0.1) is 11.2 Å². The second-order valence-corrected chi connectivity index (χ2v) is 2.55. The number of aliphatic carboxylic acids is 1. The molecule has 0 amide bonds. The Labute approximate surface area is 77.9 Å². The fraction of sp³-hybridized carbons (Fsp3) is 0.143. The van der Waals surface area contributed by atoms with Crippen molar-refractivity contribution in [2.24, 2.45) is 0 Å². The molecule has 0 saturated carbocycles. The van der Waals surface area contributed by atoms with Gasteiger partial charge in [0.2, 0.25) is 0 Å². The van der Waals surface area contributed by atoms with Gasteiger partial charge in [0.15, 0.2) is 0 Å². The van der Waals surface area contributed by atoms with Crippen LogP contribution in [0.4, 0.5) is 4.39 Å². The van der Waals surface area contributed by atoms with Crippen molar-refractivity contribution in [3.05, 3.63) is 23.5 Å². The van der Waals surface area contributed by atoms with Crippen molar-refractivity contribution in [3.8, 4) is 5.75 Å². The minimum Gasteiger partial charge on any atom is -0.476 e. The number of nitrogens with zero attached hydrogens (tertiary/aromatic N) is 1. The maximum atomic E-state index is 12.5. The summed E-state index contributed by atoms with van der Waals surface area (Å²) >= 11 is 5.50. The summed E-state index contributed by atoms with van der Waals surface area (Å²) in [6.45, 7) is 0. The Bertz CT molecular complexity index is 320. The van der Waals surface area contributed by atoms with Gasteiger partial charge < -0.3 is 9.84 Å². The summed E-state index contributed by atoms with van der Waals surface area (Å²) in [6, 6.07) is 1.27. The normalized spacial score (nSPS) is 12.2. The highest BCUT2D eigenvalue weighted by Gasteiger charge is 2.17. The minimum absolute atomic E-state index is 0.0256. The van der Waals surface area contributed by atoms with Gasteiger partial charge in [-0.1, -0.05) is 11.6 Å². The van der Waals surface area contributed by atoms with Crippen molar-refractivity contribution >= 4 is 17.6 Å². The van der Waals surface area contributed by atoms with Crippen LogP contribution >= 0.6 is 11.6 Å². The molecular formula is C7H5ClFNO3. The van der Waals surface area contributed by atoms with E-state index in [1.54, 1.807) is 0 Å². The Hall–Kier alpha value is -1.36. The molecule has 0 saturated heterocycles. The van der Waals surface area contributed by atoms with Gasteiger partial charge in [-0.2, -0.15) is 4.39 Å². The van der Waals surface area contributed by atoms with E-state index < -0.39 is 12.3 Å². The van der Waals surface area contributed by atoms with E-state index in [0.29, 0.717) is 0 Å². The molecule has 1 atom stereocenters. The van der Waals surface area contributed by atoms with Crippen molar-refractivity contribution in [2.45, 2.75) is 6.36 Å². The fourth-order valence-electron chi connectivity index (χ4n) is 0.627. The monoisotopic (exact) mass is 205 g/mol. The second kappa shape index (κ2) is 4.04. The molecule has 0 aromatic carbocycles. The van der Waals surface area contributed by atoms with Crippen LogP contribution in [0.1, 0.15) is 0 Å². The van der Waals surface area contributed by atoms with Crippen LogP contribution in [0.3, 0.4) is 0 Å². The van der Waals surface area contributed by atoms with Crippen molar-refractivity contribution in [1.82, 2.24) is 4.98 Å². The molecule has 1 heterocycles. The summed E-state index contributed by atoms with van der Waals surface area (Å²) in [6.07, 6.45) is 0.0874. The highest BCUT2D eigenvalue weighted by molar-refractivity contribution is 6.30. The number of carboxylic acid groups (broad SMARTS) is 1. The number of carboxylic acids is 1. The van der Waals surface area contributed by atoms with E-state index in [1.807, 2.05) is 0 Å². The van der Waals surface area contributed by atoms with E-state index >= 15 is 0 Å². The van der Waals surface area contributed by atoms with Gasteiger partial charge in [-0.25, -0.2) is 4.79 Å². The van der Waals surface area contributed by atoms with Gasteiger partial charge in [-0.05, 0) is 0 Å². The number of halogens is 2. The first-order valence-corrected chi connectivity index (χ1v) is 3.61. The van der Waals surface area contributed by atoms with Crippen LogP contribution in [0.2, 0.25) is 5.02 Å². The molecule has 4 nitrogen and oxygen atoms in total. The topological polar surface area (TPSA) is 59.4 Å². The van der Waals surface area contributed by atoms with Crippen LogP contribution in [-0.4, -0.2) is 22.4 Å².